The van der Waals surface area contributed by atoms with E-state index in [-0.39, 0.29) is 5.69 Å². The zero-order valence-electron chi connectivity index (χ0n) is 10.9. The van der Waals surface area contributed by atoms with Gasteiger partial charge >= 0.3 is 0 Å². The van der Waals surface area contributed by atoms with Crippen LogP contribution in [0.15, 0.2) is 18.2 Å². The number of primary amides is 1. The Bertz CT molecular complexity index is 716. The Balaban J connectivity index is 1.90. The lowest BCUT2D eigenvalue weighted by molar-refractivity contribution is -0.384. The van der Waals surface area contributed by atoms with Gasteiger partial charge in [-0.2, -0.15) is 0 Å². The van der Waals surface area contributed by atoms with Crippen molar-refractivity contribution in [2.24, 2.45) is 5.73 Å². The second-order valence-corrected chi connectivity index (χ2v) is 5.62. The van der Waals surface area contributed by atoms with Crippen molar-refractivity contribution >= 4 is 38.3 Å². The molecule has 0 radical (unpaired) electrons. The lowest BCUT2D eigenvalue weighted by Crippen LogP contribution is -2.48. The molecule has 1 amide bonds. The molecule has 1 fully saturated rings. The van der Waals surface area contributed by atoms with Crippen molar-refractivity contribution in [2.45, 2.75) is 6.10 Å². The van der Waals surface area contributed by atoms with E-state index in [0.717, 1.165) is 4.70 Å². The molecule has 1 aliphatic heterocycles. The first-order valence-corrected chi connectivity index (χ1v) is 7.07. The van der Waals surface area contributed by atoms with Crippen LogP contribution in [0.3, 0.4) is 0 Å². The van der Waals surface area contributed by atoms with E-state index in [1.807, 2.05) is 4.90 Å². The Morgan fingerprint density at radius 3 is 3.10 bits per heavy atom. The van der Waals surface area contributed by atoms with Crippen LogP contribution >= 0.6 is 11.3 Å². The molecule has 21 heavy (non-hydrogen) atoms. The van der Waals surface area contributed by atoms with Crippen LogP contribution in [0.4, 0.5) is 10.8 Å². The fourth-order valence-corrected chi connectivity index (χ4v) is 3.18. The van der Waals surface area contributed by atoms with Crippen LogP contribution in [0, 0.1) is 10.1 Å². The minimum absolute atomic E-state index is 0.0367. The van der Waals surface area contributed by atoms with Crippen molar-refractivity contribution in [3.63, 3.8) is 0 Å². The van der Waals surface area contributed by atoms with Gasteiger partial charge < -0.3 is 15.4 Å². The van der Waals surface area contributed by atoms with Crippen LogP contribution in [-0.2, 0) is 9.53 Å². The zero-order chi connectivity index (χ0) is 15.0. The van der Waals surface area contributed by atoms with Crippen molar-refractivity contribution in [1.82, 2.24) is 4.98 Å². The summed E-state index contributed by atoms with van der Waals surface area (Å²) in [5, 5.41) is 11.5. The summed E-state index contributed by atoms with van der Waals surface area (Å²) in [6, 6.07) is 4.55. The molecule has 2 N–H and O–H groups in total. The molecular formula is C12H12N4O4S. The summed E-state index contributed by atoms with van der Waals surface area (Å²) in [6.45, 7) is 1.34. The molecule has 2 heterocycles. The van der Waals surface area contributed by atoms with E-state index in [0.29, 0.717) is 30.3 Å². The summed E-state index contributed by atoms with van der Waals surface area (Å²) < 4.78 is 6.02. The fraction of sp³-hybridized carbons (Fsp3) is 0.333. The molecule has 1 unspecified atom stereocenters. The van der Waals surface area contributed by atoms with E-state index in [1.165, 1.54) is 23.5 Å². The van der Waals surface area contributed by atoms with Crippen molar-refractivity contribution < 1.29 is 14.5 Å². The number of ether oxygens (including phenoxy) is 1. The van der Waals surface area contributed by atoms with Gasteiger partial charge in [-0.1, -0.05) is 11.3 Å². The first-order chi connectivity index (χ1) is 10.0. The predicted octanol–water partition coefficient (Wildman–Crippen LogP) is 0.895. The van der Waals surface area contributed by atoms with Crippen molar-refractivity contribution in [3.8, 4) is 0 Å². The number of nitrogens with two attached hydrogens (primary N) is 1. The molecule has 2 aromatic rings. The summed E-state index contributed by atoms with van der Waals surface area (Å²) in [7, 11) is 0. The van der Waals surface area contributed by atoms with Gasteiger partial charge in [0.25, 0.3) is 5.69 Å². The molecule has 1 saturated heterocycles. The van der Waals surface area contributed by atoms with Crippen molar-refractivity contribution in [1.29, 1.82) is 0 Å². The van der Waals surface area contributed by atoms with Crippen LogP contribution in [0.2, 0.25) is 0 Å². The molecule has 8 nitrogen and oxygen atoms in total. The lowest BCUT2D eigenvalue weighted by atomic mass is 10.3. The number of carbonyl (C=O) groups is 1. The standard InChI is InChI=1S/C12H12N4O4S/c13-11(17)9-6-15(3-4-20-9)12-14-8-2-1-7(16(18)19)5-10(8)21-12/h1-2,5,9H,3-4,6H2,(H2,13,17). The third kappa shape index (κ3) is 2.65. The topological polar surface area (TPSA) is 112 Å². The largest absolute Gasteiger partial charge is 0.367 e. The van der Waals surface area contributed by atoms with Gasteiger partial charge in [0, 0.05) is 18.7 Å². The number of thiazole rings is 1. The van der Waals surface area contributed by atoms with Crippen LogP contribution < -0.4 is 10.6 Å². The number of non-ortho nitro benzene ring substituents is 1. The van der Waals surface area contributed by atoms with Gasteiger partial charge in [0.1, 0.15) is 0 Å². The molecule has 3 rings (SSSR count). The third-order valence-corrected chi connectivity index (χ3v) is 4.30. The number of hydrogen-bond donors (Lipinski definition) is 1. The highest BCUT2D eigenvalue weighted by Crippen LogP contribution is 2.32. The third-order valence-electron chi connectivity index (χ3n) is 3.23. The number of benzene rings is 1. The maximum absolute atomic E-state index is 11.2. The number of nitro groups is 1. The summed E-state index contributed by atoms with van der Waals surface area (Å²) in [4.78, 5) is 27.9. The summed E-state index contributed by atoms with van der Waals surface area (Å²) in [6.07, 6.45) is -0.653. The van der Waals surface area contributed by atoms with Gasteiger partial charge in [-0.15, -0.1) is 0 Å². The van der Waals surface area contributed by atoms with E-state index >= 15 is 0 Å². The number of amides is 1. The SMILES string of the molecule is NC(=O)C1CN(c2nc3ccc([N+](=O)[O-])cc3s2)CCO1. The van der Waals surface area contributed by atoms with Crippen molar-refractivity contribution in [2.75, 3.05) is 24.6 Å². The number of fused-ring (bicyclic) bond motifs is 1. The van der Waals surface area contributed by atoms with E-state index in [1.54, 1.807) is 6.07 Å². The Labute approximate surface area is 123 Å². The van der Waals surface area contributed by atoms with Gasteiger partial charge in [-0.05, 0) is 6.07 Å². The average molecular weight is 308 g/mol. The molecule has 1 aromatic carbocycles. The predicted molar refractivity (Wildman–Crippen MR) is 77.4 cm³/mol. The maximum Gasteiger partial charge on any atom is 0.270 e. The number of morpholine rings is 1. The minimum Gasteiger partial charge on any atom is -0.367 e. The fourth-order valence-electron chi connectivity index (χ4n) is 2.15. The van der Waals surface area contributed by atoms with Gasteiger partial charge in [-0.25, -0.2) is 4.98 Å². The molecule has 1 aromatic heterocycles. The van der Waals surface area contributed by atoms with E-state index in [9.17, 15) is 14.9 Å². The lowest BCUT2D eigenvalue weighted by Gasteiger charge is -2.30. The number of nitro benzene ring substituents is 1. The highest BCUT2D eigenvalue weighted by molar-refractivity contribution is 7.22. The normalized spacial score (nSPS) is 18.9. The average Bonchev–Trinajstić information content (AvgIpc) is 2.90. The Morgan fingerprint density at radius 1 is 1.57 bits per heavy atom. The summed E-state index contributed by atoms with van der Waals surface area (Å²) in [5.74, 6) is -0.503. The first kappa shape index (κ1) is 13.7. The molecule has 1 atom stereocenters. The van der Waals surface area contributed by atoms with Gasteiger partial charge in [0.2, 0.25) is 5.91 Å². The van der Waals surface area contributed by atoms with Gasteiger partial charge in [-0.3, -0.25) is 14.9 Å². The molecule has 1 aliphatic rings. The summed E-state index contributed by atoms with van der Waals surface area (Å²) in [5.41, 5.74) is 5.99. The van der Waals surface area contributed by atoms with Crippen LogP contribution in [-0.4, -0.2) is 41.6 Å². The second kappa shape index (κ2) is 5.26. The van der Waals surface area contributed by atoms with Gasteiger partial charge in [0.05, 0.1) is 28.3 Å². The highest BCUT2D eigenvalue weighted by Gasteiger charge is 2.26. The number of aromatic nitrogens is 1. The Hall–Kier alpha value is -2.26. The monoisotopic (exact) mass is 308 g/mol. The number of rotatable bonds is 3. The quantitative estimate of drug-likeness (QED) is 0.666. The first-order valence-electron chi connectivity index (χ1n) is 6.25. The van der Waals surface area contributed by atoms with Crippen molar-refractivity contribution in [3.05, 3.63) is 28.3 Å². The minimum atomic E-state index is -0.653. The molecule has 0 bridgehead atoms. The number of anilines is 1. The van der Waals surface area contributed by atoms with E-state index in [2.05, 4.69) is 4.98 Å². The van der Waals surface area contributed by atoms with Crippen LogP contribution in [0.1, 0.15) is 0 Å². The van der Waals surface area contributed by atoms with Gasteiger partial charge in [0.15, 0.2) is 11.2 Å². The number of carbonyl (C=O) groups excluding carboxylic acids is 1. The van der Waals surface area contributed by atoms with Crippen LogP contribution in [0.25, 0.3) is 10.2 Å². The second-order valence-electron chi connectivity index (χ2n) is 4.61. The molecule has 0 aliphatic carbocycles. The molecule has 110 valence electrons. The zero-order valence-corrected chi connectivity index (χ0v) is 11.7. The highest BCUT2D eigenvalue weighted by atomic mass is 32.1. The molecule has 0 saturated carbocycles. The van der Waals surface area contributed by atoms with E-state index < -0.39 is 16.9 Å². The number of hydrogen-bond acceptors (Lipinski definition) is 7. The molecule has 9 heteroatoms. The molecular weight excluding hydrogens is 296 g/mol. The Kier molecular flexibility index (Phi) is 3.43. The molecule has 0 spiro atoms. The maximum atomic E-state index is 11.2. The van der Waals surface area contributed by atoms with E-state index in [4.69, 9.17) is 10.5 Å². The van der Waals surface area contributed by atoms with Crippen LogP contribution in [0.5, 0.6) is 0 Å². The smallest absolute Gasteiger partial charge is 0.270 e. The number of nitrogens with zero attached hydrogens (tertiary/aromatic N) is 3. The Morgan fingerprint density at radius 2 is 2.38 bits per heavy atom. The summed E-state index contributed by atoms with van der Waals surface area (Å²) >= 11 is 1.35.